The van der Waals surface area contributed by atoms with Gasteiger partial charge in [0.05, 0.1) is 0 Å². The molecule has 0 aliphatic carbocycles. The van der Waals surface area contributed by atoms with Crippen LogP contribution in [0, 0.1) is 6.92 Å². The molecule has 0 unspecified atom stereocenters. The molecule has 22 heavy (non-hydrogen) atoms. The molecule has 0 saturated heterocycles. The lowest BCUT2D eigenvalue weighted by atomic mass is 10.1. The molecule has 1 aromatic heterocycles. The Labute approximate surface area is 130 Å². The van der Waals surface area contributed by atoms with Crippen molar-refractivity contribution in [2.45, 2.75) is 13.5 Å². The second-order valence-electron chi connectivity index (χ2n) is 5.04. The minimum Gasteiger partial charge on any atom is -0.366 e. The standard InChI is InChI=1S/C18H18N4/c1-14-7-5-6-8-15(14)13-20-17-11-12-19-18(22-17)21-16-9-3-2-4-10-16/h2-12H,13H2,1H3,(H2,19,20,21,22). The maximum Gasteiger partial charge on any atom is 0.229 e. The zero-order valence-corrected chi connectivity index (χ0v) is 12.5. The predicted octanol–water partition coefficient (Wildman–Crippen LogP) is 4.14. The summed E-state index contributed by atoms with van der Waals surface area (Å²) in [5.74, 6) is 1.39. The van der Waals surface area contributed by atoms with Gasteiger partial charge in [-0.1, -0.05) is 42.5 Å². The lowest BCUT2D eigenvalue weighted by molar-refractivity contribution is 1.07. The predicted molar refractivity (Wildman–Crippen MR) is 90.3 cm³/mol. The number of para-hydroxylation sites is 1. The van der Waals surface area contributed by atoms with Gasteiger partial charge in [-0.25, -0.2) is 4.98 Å². The molecule has 4 heteroatoms. The van der Waals surface area contributed by atoms with Crippen molar-refractivity contribution in [3.63, 3.8) is 0 Å². The van der Waals surface area contributed by atoms with Crippen LogP contribution in [0.3, 0.4) is 0 Å². The molecule has 0 aliphatic heterocycles. The molecule has 0 fully saturated rings. The topological polar surface area (TPSA) is 49.8 Å². The van der Waals surface area contributed by atoms with E-state index in [0.29, 0.717) is 5.95 Å². The van der Waals surface area contributed by atoms with Crippen LogP contribution in [0.5, 0.6) is 0 Å². The molecule has 2 N–H and O–H groups in total. The SMILES string of the molecule is Cc1ccccc1CNc1ccnc(Nc2ccccc2)n1. The number of anilines is 3. The van der Waals surface area contributed by atoms with Crippen molar-refractivity contribution in [3.8, 4) is 0 Å². The summed E-state index contributed by atoms with van der Waals surface area (Å²) in [6, 6.07) is 20.1. The van der Waals surface area contributed by atoms with Gasteiger partial charge in [-0.3, -0.25) is 0 Å². The van der Waals surface area contributed by atoms with Crippen LogP contribution in [0.15, 0.2) is 66.9 Å². The number of nitrogens with zero attached hydrogens (tertiary/aromatic N) is 2. The van der Waals surface area contributed by atoms with E-state index in [1.165, 1.54) is 11.1 Å². The highest BCUT2D eigenvalue weighted by Crippen LogP contribution is 2.14. The van der Waals surface area contributed by atoms with E-state index in [2.05, 4.69) is 39.7 Å². The van der Waals surface area contributed by atoms with Crippen molar-refractivity contribution in [3.05, 3.63) is 78.0 Å². The van der Waals surface area contributed by atoms with Crippen molar-refractivity contribution in [1.82, 2.24) is 9.97 Å². The molecular formula is C18H18N4. The first-order valence-corrected chi connectivity index (χ1v) is 7.25. The Balaban J connectivity index is 1.68. The fourth-order valence-corrected chi connectivity index (χ4v) is 2.16. The molecule has 0 bridgehead atoms. The van der Waals surface area contributed by atoms with Crippen molar-refractivity contribution in [2.24, 2.45) is 0 Å². The van der Waals surface area contributed by atoms with E-state index in [4.69, 9.17) is 0 Å². The molecule has 110 valence electrons. The van der Waals surface area contributed by atoms with Gasteiger partial charge in [-0.05, 0) is 36.2 Å². The summed E-state index contributed by atoms with van der Waals surface area (Å²) in [7, 11) is 0. The molecule has 1 heterocycles. The average molecular weight is 290 g/mol. The first kappa shape index (κ1) is 14.1. The average Bonchev–Trinajstić information content (AvgIpc) is 2.55. The number of aryl methyl sites for hydroxylation is 1. The van der Waals surface area contributed by atoms with E-state index in [-0.39, 0.29) is 0 Å². The van der Waals surface area contributed by atoms with Gasteiger partial charge in [0.25, 0.3) is 0 Å². The molecule has 0 amide bonds. The Morgan fingerprint density at radius 1 is 0.909 bits per heavy atom. The van der Waals surface area contributed by atoms with Crippen LogP contribution < -0.4 is 10.6 Å². The van der Waals surface area contributed by atoms with E-state index in [1.54, 1.807) is 6.20 Å². The van der Waals surface area contributed by atoms with E-state index in [9.17, 15) is 0 Å². The Morgan fingerprint density at radius 2 is 1.68 bits per heavy atom. The van der Waals surface area contributed by atoms with Crippen LogP contribution in [0.25, 0.3) is 0 Å². The minimum atomic E-state index is 0.584. The van der Waals surface area contributed by atoms with Crippen LogP contribution in [-0.4, -0.2) is 9.97 Å². The zero-order chi connectivity index (χ0) is 15.2. The van der Waals surface area contributed by atoms with E-state index in [1.807, 2.05) is 48.5 Å². The van der Waals surface area contributed by atoms with Gasteiger partial charge in [0.15, 0.2) is 0 Å². The largest absolute Gasteiger partial charge is 0.366 e. The zero-order valence-electron chi connectivity index (χ0n) is 12.5. The third kappa shape index (κ3) is 3.61. The highest BCUT2D eigenvalue weighted by atomic mass is 15.1. The van der Waals surface area contributed by atoms with Crippen LogP contribution in [0.1, 0.15) is 11.1 Å². The van der Waals surface area contributed by atoms with Gasteiger partial charge >= 0.3 is 0 Å². The first-order chi connectivity index (χ1) is 10.8. The minimum absolute atomic E-state index is 0.584. The number of hydrogen-bond acceptors (Lipinski definition) is 4. The molecule has 2 aromatic carbocycles. The van der Waals surface area contributed by atoms with E-state index >= 15 is 0 Å². The van der Waals surface area contributed by atoms with Crippen LogP contribution >= 0.6 is 0 Å². The fourth-order valence-electron chi connectivity index (χ4n) is 2.16. The van der Waals surface area contributed by atoms with Crippen molar-refractivity contribution in [2.75, 3.05) is 10.6 Å². The highest BCUT2D eigenvalue weighted by molar-refractivity contribution is 5.54. The molecule has 3 rings (SSSR count). The van der Waals surface area contributed by atoms with E-state index < -0.39 is 0 Å². The quantitative estimate of drug-likeness (QED) is 0.741. The second-order valence-corrected chi connectivity index (χ2v) is 5.04. The Kier molecular flexibility index (Phi) is 4.30. The fraction of sp³-hybridized carbons (Fsp3) is 0.111. The van der Waals surface area contributed by atoms with Gasteiger partial charge in [0.2, 0.25) is 5.95 Å². The molecule has 0 atom stereocenters. The number of hydrogen-bond donors (Lipinski definition) is 2. The smallest absolute Gasteiger partial charge is 0.229 e. The summed E-state index contributed by atoms with van der Waals surface area (Å²) in [5.41, 5.74) is 3.50. The molecule has 0 saturated carbocycles. The molecular weight excluding hydrogens is 272 g/mol. The maximum atomic E-state index is 4.48. The lowest BCUT2D eigenvalue weighted by Crippen LogP contribution is -2.05. The molecule has 0 spiro atoms. The maximum absolute atomic E-state index is 4.48. The van der Waals surface area contributed by atoms with Crippen molar-refractivity contribution < 1.29 is 0 Å². The number of aromatic nitrogens is 2. The van der Waals surface area contributed by atoms with E-state index in [0.717, 1.165) is 18.1 Å². The monoisotopic (exact) mass is 290 g/mol. The Morgan fingerprint density at radius 3 is 2.50 bits per heavy atom. The van der Waals surface area contributed by atoms with Gasteiger partial charge < -0.3 is 10.6 Å². The second kappa shape index (κ2) is 6.72. The summed E-state index contributed by atoms with van der Waals surface area (Å²) in [4.78, 5) is 8.72. The van der Waals surface area contributed by atoms with Gasteiger partial charge in [0, 0.05) is 18.4 Å². The Bertz CT molecular complexity index is 741. The van der Waals surface area contributed by atoms with Crippen molar-refractivity contribution >= 4 is 17.5 Å². The normalized spacial score (nSPS) is 10.2. The number of rotatable bonds is 5. The first-order valence-electron chi connectivity index (χ1n) is 7.25. The summed E-state index contributed by atoms with van der Waals surface area (Å²) >= 11 is 0. The summed E-state index contributed by atoms with van der Waals surface area (Å²) in [5, 5.41) is 6.53. The van der Waals surface area contributed by atoms with Gasteiger partial charge in [-0.2, -0.15) is 4.98 Å². The highest BCUT2D eigenvalue weighted by Gasteiger charge is 2.01. The summed E-state index contributed by atoms with van der Waals surface area (Å²) < 4.78 is 0. The van der Waals surface area contributed by atoms with Crippen LogP contribution in [-0.2, 0) is 6.54 Å². The number of benzene rings is 2. The summed E-state index contributed by atoms with van der Waals surface area (Å²) in [6.07, 6.45) is 1.75. The molecule has 0 aliphatic rings. The molecule has 4 nitrogen and oxygen atoms in total. The van der Waals surface area contributed by atoms with Gasteiger partial charge in [0.1, 0.15) is 5.82 Å². The van der Waals surface area contributed by atoms with Crippen molar-refractivity contribution in [1.29, 1.82) is 0 Å². The van der Waals surface area contributed by atoms with Crippen LogP contribution in [0.2, 0.25) is 0 Å². The third-order valence-corrected chi connectivity index (χ3v) is 3.41. The summed E-state index contributed by atoms with van der Waals surface area (Å²) in [6.45, 7) is 2.86. The number of nitrogens with one attached hydrogen (secondary N) is 2. The third-order valence-electron chi connectivity index (χ3n) is 3.41. The Hall–Kier alpha value is -2.88. The lowest BCUT2D eigenvalue weighted by Gasteiger charge is -2.10. The van der Waals surface area contributed by atoms with Crippen LogP contribution in [0.4, 0.5) is 17.5 Å². The van der Waals surface area contributed by atoms with Gasteiger partial charge in [-0.15, -0.1) is 0 Å². The molecule has 0 radical (unpaired) electrons. The molecule has 3 aromatic rings.